The molecule has 3 aromatic rings. The van der Waals surface area contributed by atoms with E-state index in [0.717, 1.165) is 39.9 Å². The van der Waals surface area contributed by atoms with Gasteiger partial charge in [0, 0.05) is 42.3 Å². The van der Waals surface area contributed by atoms with Gasteiger partial charge >= 0.3 is 6.03 Å². The molecule has 5 rings (SSSR count). The summed E-state index contributed by atoms with van der Waals surface area (Å²) in [7, 11) is 1.54. The van der Waals surface area contributed by atoms with Crippen LogP contribution in [0.5, 0.6) is 5.75 Å². The fraction of sp³-hybridized carbons (Fsp3) is 0.320. The molecule has 2 aliphatic heterocycles. The minimum atomic E-state index is -0.572. The van der Waals surface area contributed by atoms with Gasteiger partial charge in [0.15, 0.2) is 0 Å². The van der Waals surface area contributed by atoms with Gasteiger partial charge in [-0.15, -0.1) is 0 Å². The van der Waals surface area contributed by atoms with Crippen molar-refractivity contribution in [3.63, 3.8) is 0 Å². The summed E-state index contributed by atoms with van der Waals surface area (Å²) in [6.45, 7) is 3.94. The SMILES string of the molecule is CCCOc1ccc2c(c1)c1c(n2Cc2ccc(C(=O)NO)cc2)CN2CC1C(=O)N(C)C2=O. The number of ether oxygens (including phenoxy) is 1. The summed E-state index contributed by atoms with van der Waals surface area (Å²) in [5, 5.41) is 9.81. The second kappa shape index (κ2) is 8.49. The fourth-order valence-electron chi connectivity index (χ4n) is 4.92. The smallest absolute Gasteiger partial charge is 0.326 e. The molecule has 0 aliphatic carbocycles. The third kappa shape index (κ3) is 3.49. The Morgan fingerprint density at radius 1 is 1.18 bits per heavy atom. The zero-order valence-corrected chi connectivity index (χ0v) is 19.1. The van der Waals surface area contributed by atoms with Crippen molar-refractivity contribution in [1.29, 1.82) is 0 Å². The summed E-state index contributed by atoms with van der Waals surface area (Å²) in [4.78, 5) is 40.4. The van der Waals surface area contributed by atoms with E-state index >= 15 is 0 Å². The van der Waals surface area contributed by atoms with Gasteiger partial charge in [-0.3, -0.25) is 19.7 Å². The summed E-state index contributed by atoms with van der Waals surface area (Å²) in [6.07, 6.45) is 0.893. The van der Waals surface area contributed by atoms with Crippen LogP contribution in [0, 0.1) is 0 Å². The molecule has 0 spiro atoms. The number of likely N-dealkylation sites (N-methyl/N-ethyl adjacent to an activating group) is 1. The maximum absolute atomic E-state index is 13.1. The molecule has 1 saturated heterocycles. The first-order chi connectivity index (χ1) is 16.4. The molecule has 2 aromatic carbocycles. The van der Waals surface area contributed by atoms with E-state index < -0.39 is 11.8 Å². The summed E-state index contributed by atoms with van der Waals surface area (Å²) in [5.74, 6) is -0.437. The van der Waals surface area contributed by atoms with Crippen LogP contribution >= 0.6 is 0 Å². The molecule has 2 N–H and O–H groups in total. The highest BCUT2D eigenvalue weighted by atomic mass is 16.5. The van der Waals surface area contributed by atoms with Gasteiger partial charge in [-0.05, 0) is 47.9 Å². The fourth-order valence-corrected chi connectivity index (χ4v) is 4.92. The molecular formula is C25H26N4O5. The lowest BCUT2D eigenvalue weighted by Gasteiger charge is -2.41. The van der Waals surface area contributed by atoms with E-state index in [-0.39, 0.29) is 11.9 Å². The highest BCUT2D eigenvalue weighted by molar-refractivity contribution is 6.04. The van der Waals surface area contributed by atoms with Crippen molar-refractivity contribution in [2.75, 3.05) is 20.2 Å². The van der Waals surface area contributed by atoms with Crippen molar-refractivity contribution in [2.24, 2.45) is 0 Å². The highest BCUT2D eigenvalue weighted by Crippen LogP contribution is 2.41. The number of fused-ring (bicyclic) bond motifs is 6. The van der Waals surface area contributed by atoms with Crippen LogP contribution < -0.4 is 10.2 Å². The molecule has 1 fully saturated rings. The van der Waals surface area contributed by atoms with Crippen LogP contribution in [0.3, 0.4) is 0 Å². The van der Waals surface area contributed by atoms with Crippen LogP contribution in [0.15, 0.2) is 42.5 Å². The molecule has 0 saturated carbocycles. The lowest BCUT2D eigenvalue weighted by Crippen LogP contribution is -2.56. The quantitative estimate of drug-likeness (QED) is 0.433. The van der Waals surface area contributed by atoms with Crippen molar-refractivity contribution >= 4 is 28.7 Å². The number of imide groups is 1. The number of carbonyl (C=O) groups is 3. The predicted octanol–water partition coefficient (Wildman–Crippen LogP) is 3.09. The first-order valence-electron chi connectivity index (χ1n) is 11.3. The number of hydroxylamine groups is 1. The molecule has 4 amide bonds. The first kappa shape index (κ1) is 22.0. The van der Waals surface area contributed by atoms with Crippen LogP contribution in [-0.2, 0) is 17.9 Å². The maximum atomic E-state index is 13.1. The van der Waals surface area contributed by atoms with Gasteiger partial charge in [0.2, 0.25) is 5.91 Å². The Morgan fingerprint density at radius 3 is 2.65 bits per heavy atom. The average molecular weight is 463 g/mol. The zero-order valence-electron chi connectivity index (χ0n) is 19.1. The van der Waals surface area contributed by atoms with Crippen LogP contribution in [-0.4, -0.2) is 57.6 Å². The number of nitrogens with one attached hydrogen (secondary N) is 1. The third-order valence-corrected chi connectivity index (χ3v) is 6.60. The van der Waals surface area contributed by atoms with Crippen molar-refractivity contribution < 1.29 is 24.3 Å². The van der Waals surface area contributed by atoms with Gasteiger partial charge in [-0.1, -0.05) is 19.1 Å². The standard InChI is InChI=1S/C25H26N4O5/c1-3-10-34-17-8-9-20-18(11-17)22-19-13-28(25(32)27(2)24(19)31)14-21(22)29(20)12-15-4-6-16(7-5-15)23(30)26-33/h4-9,11,19,33H,3,10,12-14H2,1-2H3,(H,26,30). The van der Waals surface area contributed by atoms with Crippen molar-refractivity contribution in [3.8, 4) is 5.75 Å². The first-order valence-corrected chi connectivity index (χ1v) is 11.3. The molecule has 3 heterocycles. The second-order valence-corrected chi connectivity index (χ2v) is 8.72. The molecular weight excluding hydrogens is 436 g/mol. The van der Waals surface area contributed by atoms with Gasteiger partial charge in [-0.25, -0.2) is 10.3 Å². The zero-order chi connectivity index (χ0) is 24.0. The van der Waals surface area contributed by atoms with E-state index in [2.05, 4.69) is 11.5 Å². The molecule has 9 nitrogen and oxygen atoms in total. The lowest BCUT2D eigenvalue weighted by molar-refractivity contribution is -0.132. The van der Waals surface area contributed by atoms with Gasteiger partial charge < -0.3 is 14.2 Å². The topological polar surface area (TPSA) is 104 Å². The lowest BCUT2D eigenvalue weighted by atomic mass is 9.89. The largest absolute Gasteiger partial charge is 0.494 e. The van der Waals surface area contributed by atoms with Crippen molar-refractivity contribution in [1.82, 2.24) is 19.8 Å². The Kier molecular flexibility index (Phi) is 5.49. The summed E-state index contributed by atoms with van der Waals surface area (Å²) < 4.78 is 8.01. The number of benzene rings is 2. The monoisotopic (exact) mass is 462 g/mol. The highest BCUT2D eigenvalue weighted by Gasteiger charge is 2.44. The van der Waals surface area contributed by atoms with E-state index in [1.54, 1.807) is 22.5 Å². The van der Waals surface area contributed by atoms with E-state index in [0.29, 0.717) is 31.8 Å². The van der Waals surface area contributed by atoms with Crippen molar-refractivity contribution in [3.05, 3.63) is 64.8 Å². The van der Waals surface area contributed by atoms with E-state index in [9.17, 15) is 14.4 Å². The molecule has 1 aromatic heterocycles. The molecule has 34 heavy (non-hydrogen) atoms. The molecule has 176 valence electrons. The Hall–Kier alpha value is -3.85. The van der Waals surface area contributed by atoms with Gasteiger partial charge in [0.05, 0.1) is 19.1 Å². The molecule has 2 bridgehead atoms. The van der Waals surface area contributed by atoms with Crippen LogP contribution in [0.2, 0.25) is 0 Å². The summed E-state index contributed by atoms with van der Waals surface area (Å²) >= 11 is 0. The van der Waals surface area contributed by atoms with Crippen LogP contribution in [0.1, 0.15) is 46.4 Å². The third-order valence-electron chi connectivity index (χ3n) is 6.60. The Balaban J connectivity index is 1.63. The van der Waals surface area contributed by atoms with E-state index in [1.165, 1.54) is 11.9 Å². The van der Waals surface area contributed by atoms with Gasteiger partial charge in [0.1, 0.15) is 5.75 Å². The summed E-state index contributed by atoms with van der Waals surface area (Å²) in [6, 6.07) is 12.6. The van der Waals surface area contributed by atoms with Crippen LogP contribution in [0.25, 0.3) is 10.9 Å². The number of aromatic nitrogens is 1. The molecule has 9 heteroatoms. The van der Waals surface area contributed by atoms with Crippen LogP contribution in [0.4, 0.5) is 4.79 Å². The number of amides is 4. The number of nitrogens with zero attached hydrogens (tertiary/aromatic N) is 3. The molecule has 1 unspecified atom stereocenters. The average Bonchev–Trinajstić information content (AvgIpc) is 3.17. The maximum Gasteiger partial charge on any atom is 0.326 e. The number of hydrogen-bond donors (Lipinski definition) is 2. The summed E-state index contributed by atoms with van der Waals surface area (Å²) in [5.41, 5.74) is 5.78. The minimum Gasteiger partial charge on any atom is -0.494 e. The van der Waals surface area contributed by atoms with Gasteiger partial charge in [0.25, 0.3) is 5.91 Å². The Labute approximate surface area is 196 Å². The molecule has 1 atom stereocenters. The molecule has 2 aliphatic rings. The second-order valence-electron chi connectivity index (χ2n) is 8.72. The Morgan fingerprint density at radius 2 is 1.94 bits per heavy atom. The number of urea groups is 1. The van der Waals surface area contributed by atoms with E-state index in [1.807, 2.05) is 30.3 Å². The minimum absolute atomic E-state index is 0.194. The number of hydrogen-bond acceptors (Lipinski definition) is 5. The Bertz CT molecular complexity index is 1300. The van der Waals surface area contributed by atoms with Gasteiger partial charge in [-0.2, -0.15) is 0 Å². The normalized spacial score (nSPS) is 17.2. The number of rotatable bonds is 6. The van der Waals surface area contributed by atoms with E-state index in [4.69, 9.17) is 9.94 Å². The molecule has 0 radical (unpaired) electrons. The number of carbonyl (C=O) groups excluding carboxylic acids is 3. The predicted molar refractivity (Wildman–Crippen MR) is 124 cm³/mol. The van der Waals surface area contributed by atoms with Crippen molar-refractivity contribution in [2.45, 2.75) is 32.4 Å².